The monoisotopic (exact) mass is 469 g/mol. The number of rotatable bonds is 5. The average Bonchev–Trinajstić information content (AvgIpc) is 3.54. The Kier molecular flexibility index (Phi) is 5.49. The fourth-order valence-corrected chi connectivity index (χ4v) is 4.74. The minimum Gasteiger partial charge on any atom is -0.368 e. The Morgan fingerprint density at radius 1 is 1.06 bits per heavy atom. The van der Waals surface area contributed by atoms with Crippen LogP contribution in [-0.2, 0) is 7.05 Å². The summed E-state index contributed by atoms with van der Waals surface area (Å²) in [6.45, 7) is 3.93. The molecule has 178 valence electrons. The number of fused-ring (bicyclic) bond motifs is 1. The van der Waals surface area contributed by atoms with E-state index in [2.05, 4.69) is 42.6 Å². The number of aromatic nitrogens is 6. The lowest BCUT2D eigenvalue weighted by atomic mass is 10.1. The van der Waals surface area contributed by atoms with E-state index in [-0.39, 0.29) is 5.56 Å². The minimum absolute atomic E-state index is 0.138. The van der Waals surface area contributed by atoms with Crippen LogP contribution in [0.3, 0.4) is 0 Å². The van der Waals surface area contributed by atoms with E-state index in [1.165, 1.54) is 11.8 Å². The summed E-state index contributed by atoms with van der Waals surface area (Å²) in [7, 11) is 1.74. The fourth-order valence-electron chi connectivity index (χ4n) is 4.74. The Hall–Kier alpha value is -4.05. The largest absolute Gasteiger partial charge is 0.368 e. The van der Waals surface area contributed by atoms with Crippen LogP contribution in [0.15, 0.2) is 53.9 Å². The van der Waals surface area contributed by atoms with Crippen LogP contribution in [-0.4, -0.2) is 55.3 Å². The van der Waals surface area contributed by atoms with Crippen molar-refractivity contribution in [2.75, 3.05) is 36.4 Å². The van der Waals surface area contributed by atoms with E-state index < -0.39 is 0 Å². The molecular formula is C25H27N9O. The van der Waals surface area contributed by atoms with Gasteiger partial charge in [0.15, 0.2) is 0 Å². The lowest BCUT2D eigenvalue weighted by Crippen LogP contribution is -2.43. The molecule has 0 aromatic carbocycles. The molecule has 0 unspecified atom stereocenters. The molecule has 0 bridgehead atoms. The summed E-state index contributed by atoms with van der Waals surface area (Å²) in [5, 5.41) is 11.4. The van der Waals surface area contributed by atoms with Crippen molar-refractivity contribution in [2.45, 2.75) is 19.3 Å². The van der Waals surface area contributed by atoms with Gasteiger partial charge in [-0.3, -0.25) is 4.79 Å². The highest BCUT2D eigenvalue weighted by molar-refractivity contribution is 5.83. The average molecular weight is 470 g/mol. The number of piperazine rings is 1. The molecule has 4 aromatic heterocycles. The van der Waals surface area contributed by atoms with E-state index >= 15 is 0 Å². The van der Waals surface area contributed by atoms with Gasteiger partial charge >= 0.3 is 0 Å². The van der Waals surface area contributed by atoms with Crippen molar-refractivity contribution in [3.05, 3.63) is 65.1 Å². The SMILES string of the molecule is Cn1cc(-c2cc3cnc(Nc4ccc(N5CCNCC5)cn4)nn3c2C2=CCCC2)ncc1=O. The van der Waals surface area contributed by atoms with Crippen molar-refractivity contribution >= 4 is 28.5 Å². The maximum Gasteiger partial charge on any atom is 0.268 e. The van der Waals surface area contributed by atoms with Crippen molar-refractivity contribution in [1.29, 1.82) is 0 Å². The molecule has 0 spiro atoms. The number of allylic oxidation sites excluding steroid dienone is 2. The molecule has 0 atom stereocenters. The van der Waals surface area contributed by atoms with E-state index in [0.29, 0.717) is 11.8 Å². The van der Waals surface area contributed by atoms with Gasteiger partial charge in [-0.05, 0) is 43.0 Å². The van der Waals surface area contributed by atoms with Gasteiger partial charge in [0, 0.05) is 45.0 Å². The molecule has 1 aliphatic carbocycles. The second-order valence-electron chi connectivity index (χ2n) is 8.93. The van der Waals surface area contributed by atoms with Gasteiger partial charge in [0.25, 0.3) is 5.56 Å². The van der Waals surface area contributed by atoms with Gasteiger partial charge in [-0.1, -0.05) is 6.08 Å². The predicted molar refractivity (Wildman–Crippen MR) is 136 cm³/mol. The van der Waals surface area contributed by atoms with Crippen LogP contribution >= 0.6 is 0 Å². The molecule has 5 heterocycles. The second kappa shape index (κ2) is 8.95. The summed E-state index contributed by atoms with van der Waals surface area (Å²) >= 11 is 0. The van der Waals surface area contributed by atoms with Gasteiger partial charge in [0.1, 0.15) is 5.82 Å². The zero-order chi connectivity index (χ0) is 23.8. The van der Waals surface area contributed by atoms with Gasteiger partial charge in [-0.15, -0.1) is 5.10 Å². The molecule has 0 amide bonds. The van der Waals surface area contributed by atoms with Crippen LogP contribution in [0.4, 0.5) is 17.5 Å². The molecule has 10 nitrogen and oxygen atoms in total. The molecular weight excluding hydrogens is 442 g/mol. The number of anilines is 3. The molecule has 10 heteroatoms. The molecule has 2 N–H and O–H groups in total. The molecule has 35 heavy (non-hydrogen) atoms. The maximum atomic E-state index is 11.9. The minimum atomic E-state index is -0.138. The lowest BCUT2D eigenvalue weighted by molar-refractivity contribution is 0.589. The van der Waals surface area contributed by atoms with E-state index in [1.807, 2.05) is 22.8 Å². The highest BCUT2D eigenvalue weighted by Gasteiger charge is 2.21. The summed E-state index contributed by atoms with van der Waals surface area (Å²) in [5.74, 6) is 1.16. The van der Waals surface area contributed by atoms with Crippen molar-refractivity contribution < 1.29 is 0 Å². The first-order valence-corrected chi connectivity index (χ1v) is 12.0. The first-order chi connectivity index (χ1) is 17.2. The number of hydrogen-bond acceptors (Lipinski definition) is 8. The number of aryl methyl sites for hydroxylation is 1. The quantitative estimate of drug-likeness (QED) is 0.460. The first-order valence-electron chi connectivity index (χ1n) is 12.0. The van der Waals surface area contributed by atoms with Gasteiger partial charge in [0.05, 0.1) is 41.2 Å². The zero-order valence-electron chi connectivity index (χ0n) is 19.6. The van der Waals surface area contributed by atoms with Crippen LogP contribution < -0.4 is 21.1 Å². The normalized spacial score (nSPS) is 16.0. The topological polar surface area (TPSA) is 105 Å². The van der Waals surface area contributed by atoms with Crippen molar-refractivity contribution in [3.8, 4) is 11.3 Å². The van der Waals surface area contributed by atoms with Crippen molar-refractivity contribution in [2.24, 2.45) is 7.05 Å². The Morgan fingerprint density at radius 2 is 1.94 bits per heavy atom. The Morgan fingerprint density at radius 3 is 2.69 bits per heavy atom. The predicted octanol–water partition coefficient (Wildman–Crippen LogP) is 2.61. The zero-order valence-corrected chi connectivity index (χ0v) is 19.6. The maximum absolute atomic E-state index is 11.9. The molecule has 0 radical (unpaired) electrons. The Labute approximate surface area is 202 Å². The summed E-state index contributed by atoms with van der Waals surface area (Å²) in [5.41, 5.74) is 5.75. The summed E-state index contributed by atoms with van der Waals surface area (Å²) in [6.07, 6.45) is 12.2. The molecule has 0 saturated carbocycles. The molecule has 6 rings (SSSR count). The third-order valence-corrected chi connectivity index (χ3v) is 6.59. The highest BCUT2D eigenvalue weighted by atomic mass is 16.1. The van der Waals surface area contributed by atoms with Crippen molar-refractivity contribution in [1.82, 2.24) is 34.4 Å². The summed E-state index contributed by atoms with van der Waals surface area (Å²) in [6, 6.07) is 6.07. The second-order valence-corrected chi connectivity index (χ2v) is 8.93. The van der Waals surface area contributed by atoms with E-state index in [4.69, 9.17) is 5.10 Å². The number of pyridine rings is 1. The molecule has 2 aliphatic rings. The van der Waals surface area contributed by atoms with Crippen LogP contribution in [0.1, 0.15) is 25.0 Å². The molecule has 1 aliphatic heterocycles. The van der Waals surface area contributed by atoms with Crippen molar-refractivity contribution in [3.63, 3.8) is 0 Å². The van der Waals surface area contributed by atoms with Crippen LogP contribution in [0.2, 0.25) is 0 Å². The number of nitrogens with zero attached hydrogens (tertiary/aromatic N) is 7. The lowest BCUT2D eigenvalue weighted by Gasteiger charge is -2.29. The highest BCUT2D eigenvalue weighted by Crippen LogP contribution is 2.36. The molecule has 1 saturated heterocycles. The number of hydrogen-bond donors (Lipinski definition) is 2. The Bertz CT molecular complexity index is 1460. The third kappa shape index (κ3) is 4.17. The first kappa shape index (κ1) is 21.5. The third-order valence-electron chi connectivity index (χ3n) is 6.59. The fraction of sp³-hybridized carbons (Fsp3) is 0.320. The number of nitrogens with one attached hydrogen (secondary N) is 2. The van der Waals surface area contributed by atoms with Gasteiger partial charge in [-0.2, -0.15) is 0 Å². The molecule has 1 fully saturated rings. The van der Waals surface area contributed by atoms with E-state index in [9.17, 15) is 4.79 Å². The van der Waals surface area contributed by atoms with Gasteiger partial charge < -0.3 is 20.1 Å². The molecule has 4 aromatic rings. The van der Waals surface area contributed by atoms with Gasteiger partial charge in [0.2, 0.25) is 5.95 Å². The standard InChI is InChI=1S/C25H27N9O/c1-32-16-21(27-15-23(32)35)20-12-19-14-29-25(31-34(19)24(20)17-4-2-3-5-17)30-22-7-6-18(13-28-22)33-10-8-26-9-11-33/h4,6-7,12-16,26H,2-3,5,8-11H2,1H3,(H,28,30,31). The summed E-state index contributed by atoms with van der Waals surface area (Å²) in [4.78, 5) is 27.7. The van der Waals surface area contributed by atoms with E-state index in [1.54, 1.807) is 24.0 Å². The van der Waals surface area contributed by atoms with Crippen LogP contribution in [0.25, 0.3) is 22.3 Å². The summed E-state index contributed by atoms with van der Waals surface area (Å²) < 4.78 is 3.47. The smallest absolute Gasteiger partial charge is 0.268 e. The van der Waals surface area contributed by atoms with Crippen LogP contribution in [0, 0.1) is 0 Å². The van der Waals surface area contributed by atoms with Gasteiger partial charge in [-0.25, -0.2) is 19.5 Å². The van der Waals surface area contributed by atoms with Crippen LogP contribution in [0.5, 0.6) is 0 Å². The Balaban J connectivity index is 1.35. The van der Waals surface area contributed by atoms with E-state index in [0.717, 1.165) is 73.6 Å².